The zero-order chi connectivity index (χ0) is 10.8. The lowest BCUT2D eigenvalue weighted by atomic mass is 10.3. The van der Waals surface area contributed by atoms with E-state index in [4.69, 9.17) is 6.42 Å². The van der Waals surface area contributed by atoms with Gasteiger partial charge in [0.25, 0.3) is 0 Å². The highest BCUT2D eigenvalue weighted by atomic mass is 15.2. The van der Waals surface area contributed by atoms with E-state index in [9.17, 15) is 0 Å². The van der Waals surface area contributed by atoms with E-state index >= 15 is 0 Å². The van der Waals surface area contributed by atoms with Gasteiger partial charge in [-0.05, 0) is 19.9 Å². The van der Waals surface area contributed by atoms with E-state index in [0.29, 0.717) is 0 Å². The van der Waals surface area contributed by atoms with Crippen LogP contribution in [0.1, 0.15) is 12.6 Å². The molecule has 2 rings (SSSR count). The van der Waals surface area contributed by atoms with E-state index in [1.807, 2.05) is 26.1 Å². The monoisotopic (exact) mass is 200 g/mol. The molecule has 0 saturated heterocycles. The highest BCUT2D eigenvalue weighted by Crippen LogP contribution is 2.15. The van der Waals surface area contributed by atoms with Crippen LogP contribution in [0.15, 0.2) is 18.5 Å². The molecule has 1 atom stereocenters. The van der Waals surface area contributed by atoms with Crippen molar-refractivity contribution in [2.24, 2.45) is 0 Å². The Labute approximate surface area is 88.3 Å². The Kier molecular flexibility index (Phi) is 2.30. The minimum atomic E-state index is -0.0427. The molecule has 0 radical (unpaired) electrons. The van der Waals surface area contributed by atoms with Crippen molar-refractivity contribution in [2.45, 2.75) is 19.9 Å². The summed E-state index contributed by atoms with van der Waals surface area (Å²) in [5.74, 6) is 3.37. The van der Waals surface area contributed by atoms with Crippen LogP contribution in [0.2, 0.25) is 0 Å². The maximum absolute atomic E-state index is 5.31. The van der Waals surface area contributed by atoms with Gasteiger partial charge in [0.1, 0.15) is 5.52 Å². The van der Waals surface area contributed by atoms with Crippen molar-refractivity contribution in [2.75, 3.05) is 5.32 Å². The normalized spacial score (nSPS) is 12.3. The highest BCUT2D eigenvalue weighted by molar-refractivity contribution is 5.68. The number of rotatable bonds is 2. The zero-order valence-corrected chi connectivity index (χ0v) is 8.73. The first-order valence-electron chi connectivity index (χ1n) is 4.74. The Balaban J connectivity index is 2.47. The molecule has 1 N–H and O–H groups in total. The third kappa shape index (κ3) is 1.77. The van der Waals surface area contributed by atoms with Gasteiger partial charge in [-0.25, -0.2) is 9.50 Å². The van der Waals surface area contributed by atoms with Gasteiger partial charge in [0, 0.05) is 12.4 Å². The lowest BCUT2D eigenvalue weighted by Gasteiger charge is -2.08. The number of nitrogens with zero attached hydrogens (tertiary/aromatic N) is 3. The molecule has 2 aromatic heterocycles. The second-order valence-electron chi connectivity index (χ2n) is 3.42. The molecule has 0 bridgehead atoms. The summed E-state index contributed by atoms with van der Waals surface area (Å²) in [5.41, 5.74) is 1.90. The molecule has 0 aliphatic carbocycles. The van der Waals surface area contributed by atoms with Gasteiger partial charge >= 0.3 is 0 Å². The Morgan fingerprint density at radius 1 is 1.60 bits per heavy atom. The summed E-state index contributed by atoms with van der Waals surface area (Å²) in [4.78, 5) is 4.24. The van der Waals surface area contributed by atoms with Crippen LogP contribution in [-0.4, -0.2) is 20.6 Å². The zero-order valence-electron chi connectivity index (χ0n) is 8.73. The molecule has 0 saturated carbocycles. The van der Waals surface area contributed by atoms with Crippen molar-refractivity contribution in [3.63, 3.8) is 0 Å². The summed E-state index contributed by atoms with van der Waals surface area (Å²) in [6, 6.07) is 1.93. The second kappa shape index (κ2) is 3.62. The van der Waals surface area contributed by atoms with E-state index in [0.717, 1.165) is 17.0 Å². The number of terminal acetylenes is 1. The Morgan fingerprint density at radius 2 is 2.40 bits per heavy atom. The average Bonchev–Trinajstić information content (AvgIpc) is 2.59. The van der Waals surface area contributed by atoms with Crippen LogP contribution in [0.25, 0.3) is 5.52 Å². The van der Waals surface area contributed by atoms with Gasteiger partial charge in [-0.15, -0.1) is 6.42 Å². The largest absolute Gasteiger partial charge is 0.355 e. The van der Waals surface area contributed by atoms with E-state index in [1.165, 1.54) is 0 Å². The van der Waals surface area contributed by atoms with Crippen molar-refractivity contribution < 1.29 is 0 Å². The van der Waals surface area contributed by atoms with Crippen molar-refractivity contribution in [3.05, 3.63) is 24.2 Å². The van der Waals surface area contributed by atoms with Gasteiger partial charge in [-0.1, -0.05) is 5.92 Å². The van der Waals surface area contributed by atoms with Crippen LogP contribution >= 0.6 is 0 Å². The predicted octanol–water partition coefficient (Wildman–Crippen LogP) is 1.47. The van der Waals surface area contributed by atoms with E-state index in [2.05, 4.69) is 21.3 Å². The summed E-state index contributed by atoms with van der Waals surface area (Å²) in [6.45, 7) is 3.86. The van der Waals surface area contributed by atoms with Crippen LogP contribution in [0.4, 0.5) is 5.82 Å². The van der Waals surface area contributed by atoms with Gasteiger partial charge in [-0.3, -0.25) is 0 Å². The Hall–Kier alpha value is -2.02. The maximum atomic E-state index is 5.31. The molecule has 4 heteroatoms. The van der Waals surface area contributed by atoms with Gasteiger partial charge in [0.15, 0.2) is 5.82 Å². The lowest BCUT2D eigenvalue weighted by molar-refractivity contribution is 0.915. The fraction of sp³-hybridized carbons (Fsp3) is 0.273. The number of hydrogen-bond acceptors (Lipinski definition) is 3. The second-order valence-corrected chi connectivity index (χ2v) is 3.42. The Morgan fingerprint density at radius 3 is 3.13 bits per heavy atom. The van der Waals surface area contributed by atoms with Crippen molar-refractivity contribution in [3.8, 4) is 12.3 Å². The first kappa shape index (κ1) is 9.53. The van der Waals surface area contributed by atoms with Gasteiger partial charge in [-0.2, -0.15) is 5.10 Å². The summed E-state index contributed by atoms with van der Waals surface area (Å²) >= 11 is 0. The van der Waals surface area contributed by atoms with Crippen LogP contribution in [0.5, 0.6) is 0 Å². The first-order chi connectivity index (χ1) is 7.20. The topological polar surface area (TPSA) is 42.2 Å². The van der Waals surface area contributed by atoms with Crippen LogP contribution in [0.3, 0.4) is 0 Å². The molecule has 15 heavy (non-hydrogen) atoms. The molecule has 4 nitrogen and oxygen atoms in total. The van der Waals surface area contributed by atoms with E-state index < -0.39 is 0 Å². The number of nitrogens with one attached hydrogen (secondary N) is 1. The summed E-state index contributed by atoms with van der Waals surface area (Å²) < 4.78 is 1.79. The molecule has 0 aliphatic rings. The van der Waals surface area contributed by atoms with Crippen molar-refractivity contribution >= 4 is 11.3 Å². The Bertz CT molecular complexity index is 521. The number of aromatic nitrogens is 3. The molecule has 0 fully saturated rings. The molecule has 76 valence electrons. The first-order valence-corrected chi connectivity index (χ1v) is 4.74. The summed E-state index contributed by atoms with van der Waals surface area (Å²) in [5, 5.41) is 7.43. The smallest absolute Gasteiger partial charge is 0.153 e. The average molecular weight is 200 g/mol. The third-order valence-electron chi connectivity index (χ3n) is 2.12. The van der Waals surface area contributed by atoms with Gasteiger partial charge in [0.05, 0.1) is 11.7 Å². The SMILES string of the molecule is C#CC(C)Nc1nccn2nc(C)cc12. The molecular formula is C11H12N4. The minimum absolute atomic E-state index is 0.0427. The molecule has 0 amide bonds. The van der Waals surface area contributed by atoms with Crippen LogP contribution in [0, 0.1) is 19.3 Å². The molecule has 1 unspecified atom stereocenters. The number of hydrogen-bond donors (Lipinski definition) is 1. The maximum Gasteiger partial charge on any atom is 0.153 e. The molecular weight excluding hydrogens is 188 g/mol. The predicted molar refractivity (Wildman–Crippen MR) is 59.6 cm³/mol. The van der Waals surface area contributed by atoms with Gasteiger partial charge < -0.3 is 5.32 Å². The van der Waals surface area contributed by atoms with Crippen molar-refractivity contribution in [1.29, 1.82) is 0 Å². The third-order valence-corrected chi connectivity index (χ3v) is 2.12. The fourth-order valence-corrected chi connectivity index (χ4v) is 1.40. The highest BCUT2D eigenvalue weighted by Gasteiger charge is 2.06. The molecule has 0 spiro atoms. The number of anilines is 1. The molecule has 2 aromatic rings. The summed E-state index contributed by atoms with van der Waals surface area (Å²) in [6.07, 6.45) is 8.82. The van der Waals surface area contributed by atoms with E-state index in [-0.39, 0.29) is 6.04 Å². The van der Waals surface area contributed by atoms with E-state index in [1.54, 1.807) is 10.7 Å². The molecule has 0 aromatic carbocycles. The lowest BCUT2D eigenvalue weighted by Crippen LogP contribution is -2.13. The fourth-order valence-electron chi connectivity index (χ4n) is 1.40. The van der Waals surface area contributed by atoms with Crippen LogP contribution in [-0.2, 0) is 0 Å². The number of aryl methyl sites for hydroxylation is 1. The minimum Gasteiger partial charge on any atom is -0.355 e. The van der Waals surface area contributed by atoms with Crippen LogP contribution < -0.4 is 5.32 Å². The molecule has 0 aliphatic heterocycles. The molecule has 2 heterocycles. The standard InChI is InChI=1S/C11H12N4/c1-4-8(2)13-11-10-7-9(3)14-15(10)6-5-12-11/h1,5-8H,2-3H3,(H,12,13). The summed E-state index contributed by atoms with van der Waals surface area (Å²) in [7, 11) is 0. The van der Waals surface area contributed by atoms with Crippen molar-refractivity contribution in [1.82, 2.24) is 14.6 Å². The quantitative estimate of drug-likeness (QED) is 0.746. The van der Waals surface area contributed by atoms with Gasteiger partial charge in [0.2, 0.25) is 0 Å². The number of fused-ring (bicyclic) bond motifs is 1.